The largest absolute Gasteiger partial charge is 0.275 e. The topological polar surface area (TPSA) is 37.4 Å². The molecule has 1 heterocycles. The molecule has 2 rings (SSSR count). The van der Waals surface area contributed by atoms with Crippen LogP contribution in [-0.4, -0.2) is 23.3 Å². The third-order valence-electron chi connectivity index (χ3n) is 2.67. The Balaban J connectivity index is 2.09. The molecule has 0 bridgehead atoms. The summed E-state index contributed by atoms with van der Waals surface area (Å²) in [6.07, 6.45) is 6.55. The zero-order chi connectivity index (χ0) is 13.8. The molecule has 1 aromatic carbocycles. The van der Waals surface area contributed by atoms with Crippen LogP contribution in [-0.2, 0) is 9.59 Å². The van der Waals surface area contributed by atoms with Gasteiger partial charge in [-0.15, -0.1) is 0 Å². The summed E-state index contributed by atoms with van der Waals surface area (Å²) >= 11 is 5.63. The summed E-state index contributed by atoms with van der Waals surface area (Å²) in [7, 11) is 0. The van der Waals surface area contributed by atoms with Crippen LogP contribution in [0.3, 0.4) is 0 Å². The first kappa shape index (κ1) is 13.5. The molecule has 5 heteroatoms. The third kappa shape index (κ3) is 3.29. The van der Waals surface area contributed by atoms with Crippen LogP contribution in [0.5, 0.6) is 0 Å². The fraction of sp³-hybridized carbons (Fsp3) is 0.143. The number of rotatable bonds is 2. The number of carbonyl (C=O) groups excluding carboxylic acids is 2. The van der Waals surface area contributed by atoms with Gasteiger partial charge in [-0.3, -0.25) is 14.5 Å². The molecular formula is C14H11ClFNO2. The molecule has 0 spiro atoms. The molecule has 0 saturated carbocycles. The lowest BCUT2D eigenvalue weighted by Crippen LogP contribution is -2.37. The molecule has 0 radical (unpaired) electrons. The Kier molecular flexibility index (Phi) is 4.12. The minimum absolute atomic E-state index is 0.00780. The van der Waals surface area contributed by atoms with Gasteiger partial charge < -0.3 is 0 Å². The van der Waals surface area contributed by atoms with Gasteiger partial charge in [0.15, 0.2) is 0 Å². The summed E-state index contributed by atoms with van der Waals surface area (Å²) in [5, 5.41) is -0.00780. The first-order valence-corrected chi connectivity index (χ1v) is 6.11. The monoisotopic (exact) mass is 279 g/mol. The van der Waals surface area contributed by atoms with Crippen LogP contribution in [0.15, 0.2) is 36.4 Å². The lowest BCUT2D eigenvalue weighted by Gasteiger charge is -2.19. The van der Waals surface area contributed by atoms with Gasteiger partial charge in [0.25, 0.3) is 11.8 Å². The van der Waals surface area contributed by atoms with E-state index < -0.39 is 11.7 Å². The summed E-state index contributed by atoms with van der Waals surface area (Å²) in [6.45, 7) is 0.378. The summed E-state index contributed by atoms with van der Waals surface area (Å²) in [6, 6.07) is 4.14. The highest BCUT2D eigenvalue weighted by Crippen LogP contribution is 2.17. The number of hydrogen-bond donors (Lipinski definition) is 0. The van der Waals surface area contributed by atoms with E-state index in [0.29, 0.717) is 18.5 Å². The van der Waals surface area contributed by atoms with Gasteiger partial charge in [-0.05, 0) is 36.3 Å². The summed E-state index contributed by atoms with van der Waals surface area (Å²) in [4.78, 5) is 24.4. The molecule has 0 aromatic heterocycles. The van der Waals surface area contributed by atoms with Crippen molar-refractivity contribution in [2.75, 3.05) is 6.54 Å². The van der Waals surface area contributed by atoms with Crippen molar-refractivity contribution in [1.29, 1.82) is 0 Å². The van der Waals surface area contributed by atoms with E-state index in [2.05, 4.69) is 0 Å². The highest BCUT2D eigenvalue weighted by molar-refractivity contribution is 6.30. The predicted molar refractivity (Wildman–Crippen MR) is 70.9 cm³/mol. The maximum atomic E-state index is 13.0. The van der Waals surface area contributed by atoms with Crippen LogP contribution in [0, 0.1) is 5.82 Å². The summed E-state index contributed by atoms with van der Waals surface area (Å²) in [5.74, 6) is -1.23. The molecule has 19 heavy (non-hydrogen) atoms. The van der Waals surface area contributed by atoms with E-state index in [9.17, 15) is 14.0 Å². The average molecular weight is 280 g/mol. The minimum atomic E-state index is -0.513. The van der Waals surface area contributed by atoms with Crippen molar-refractivity contribution >= 4 is 29.5 Å². The van der Waals surface area contributed by atoms with Gasteiger partial charge in [-0.2, -0.15) is 0 Å². The normalized spacial score (nSPS) is 15.3. The standard InChI is InChI=1S/C14H11ClFNO2/c15-11-9-10(4-6-12(11)16)5-7-14(19)17-8-2-1-3-13(17)18/h1,3-7,9H,2,8H2. The van der Waals surface area contributed by atoms with Crippen LogP contribution in [0.2, 0.25) is 5.02 Å². The van der Waals surface area contributed by atoms with E-state index >= 15 is 0 Å². The lowest BCUT2D eigenvalue weighted by molar-refractivity contribution is -0.139. The Bertz CT molecular complexity index is 581. The molecular weight excluding hydrogens is 269 g/mol. The summed E-state index contributed by atoms with van der Waals surface area (Å²) < 4.78 is 13.0. The molecule has 1 aliphatic rings. The number of amides is 2. The predicted octanol–water partition coefficient (Wildman–Crippen LogP) is 2.81. The molecule has 98 valence electrons. The molecule has 1 aliphatic heterocycles. The molecule has 1 aromatic rings. The molecule has 0 saturated heterocycles. The van der Waals surface area contributed by atoms with Gasteiger partial charge in [0.1, 0.15) is 5.82 Å². The Morgan fingerprint density at radius 2 is 2.21 bits per heavy atom. The number of benzene rings is 1. The van der Waals surface area contributed by atoms with Gasteiger partial charge in [0.05, 0.1) is 5.02 Å². The van der Waals surface area contributed by atoms with E-state index in [1.54, 1.807) is 6.08 Å². The van der Waals surface area contributed by atoms with Crippen molar-refractivity contribution in [3.8, 4) is 0 Å². The fourth-order valence-electron chi connectivity index (χ4n) is 1.68. The quantitative estimate of drug-likeness (QED) is 0.781. The van der Waals surface area contributed by atoms with Crippen molar-refractivity contribution < 1.29 is 14.0 Å². The maximum absolute atomic E-state index is 13.0. The van der Waals surface area contributed by atoms with Crippen LogP contribution >= 0.6 is 11.6 Å². The lowest BCUT2D eigenvalue weighted by atomic mass is 10.2. The first-order valence-electron chi connectivity index (χ1n) is 5.73. The second kappa shape index (κ2) is 5.80. The Morgan fingerprint density at radius 1 is 1.42 bits per heavy atom. The number of carbonyl (C=O) groups is 2. The van der Waals surface area contributed by atoms with E-state index in [1.807, 2.05) is 0 Å². The molecule has 0 aliphatic carbocycles. The summed E-state index contributed by atoms with van der Waals surface area (Å²) in [5.41, 5.74) is 0.597. The zero-order valence-corrected chi connectivity index (χ0v) is 10.7. The van der Waals surface area contributed by atoms with Gasteiger partial charge in [-0.25, -0.2) is 4.39 Å². The van der Waals surface area contributed by atoms with Crippen molar-refractivity contribution in [3.63, 3.8) is 0 Å². The number of halogens is 2. The van der Waals surface area contributed by atoms with E-state index in [-0.39, 0.29) is 10.9 Å². The Morgan fingerprint density at radius 3 is 2.89 bits per heavy atom. The second-order valence-electron chi connectivity index (χ2n) is 4.03. The van der Waals surface area contributed by atoms with E-state index in [1.165, 1.54) is 36.4 Å². The van der Waals surface area contributed by atoms with Crippen molar-refractivity contribution in [2.45, 2.75) is 6.42 Å². The number of nitrogens with zero attached hydrogens (tertiary/aromatic N) is 1. The zero-order valence-electron chi connectivity index (χ0n) is 9.98. The SMILES string of the molecule is O=C1C=CCCN1C(=O)C=Cc1ccc(F)c(Cl)c1. The number of hydrogen-bond acceptors (Lipinski definition) is 2. The van der Waals surface area contributed by atoms with Crippen LogP contribution < -0.4 is 0 Å². The third-order valence-corrected chi connectivity index (χ3v) is 2.96. The van der Waals surface area contributed by atoms with Gasteiger partial charge in [0, 0.05) is 12.6 Å². The van der Waals surface area contributed by atoms with Gasteiger partial charge in [-0.1, -0.05) is 23.7 Å². The number of imide groups is 1. The van der Waals surface area contributed by atoms with Crippen LogP contribution in [0.25, 0.3) is 6.08 Å². The molecule has 0 unspecified atom stereocenters. The second-order valence-corrected chi connectivity index (χ2v) is 4.43. The van der Waals surface area contributed by atoms with Crippen molar-refractivity contribution in [1.82, 2.24) is 4.90 Å². The Labute approximate surface area is 115 Å². The molecule has 2 amide bonds. The average Bonchev–Trinajstić information content (AvgIpc) is 2.40. The van der Waals surface area contributed by atoms with Crippen molar-refractivity contribution in [2.24, 2.45) is 0 Å². The molecule has 0 N–H and O–H groups in total. The van der Waals surface area contributed by atoms with Crippen molar-refractivity contribution in [3.05, 3.63) is 52.8 Å². The minimum Gasteiger partial charge on any atom is -0.275 e. The van der Waals surface area contributed by atoms with E-state index in [4.69, 9.17) is 11.6 Å². The first-order chi connectivity index (χ1) is 9.08. The highest BCUT2D eigenvalue weighted by atomic mass is 35.5. The van der Waals surface area contributed by atoms with Crippen LogP contribution in [0.1, 0.15) is 12.0 Å². The van der Waals surface area contributed by atoms with Gasteiger partial charge >= 0.3 is 0 Å². The maximum Gasteiger partial charge on any atom is 0.253 e. The van der Waals surface area contributed by atoms with E-state index in [0.717, 1.165) is 4.90 Å². The molecule has 0 atom stereocenters. The highest BCUT2D eigenvalue weighted by Gasteiger charge is 2.18. The molecule has 3 nitrogen and oxygen atoms in total. The van der Waals surface area contributed by atoms with Gasteiger partial charge in [0.2, 0.25) is 0 Å². The smallest absolute Gasteiger partial charge is 0.253 e. The fourth-order valence-corrected chi connectivity index (χ4v) is 1.87. The van der Waals surface area contributed by atoms with Crippen LogP contribution in [0.4, 0.5) is 4.39 Å². The Hall–Kier alpha value is -1.94. The molecule has 0 fully saturated rings.